The SMILES string of the molecule is C=CCOC(=O)O[C@@H]1[C@@H](N=[N+]=[N-])[C@H](O)O[C@@H]2COC(c3ccccc3)O[C@@H]12. The summed E-state index contributed by atoms with van der Waals surface area (Å²) in [4.78, 5) is 14.6. The number of rotatable bonds is 5. The van der Waals surface area contributed by atoms with Crippen LogP contribution in [0.3, 0.4) is 0 Å². The molecule has 2 aliphatic rings. The fourth-order valence-electron chi connectivity index (χ4n) is 2.94. The molecule has 0 spiro atoms. The Morgan fingerprint density at radius 3 is 2.89 bits per heavy atom. The topological polar surface area (TPSA) is 132 Å². The van der Waals surface area contributed by atoms with Crippen LogP contribution in [-0.2, 0) is 23.7 Å². The van der Waals surface area contributed by atoms with Crippen LogP contribution in [0.25, 0.3) is 10.4 Å². The highest BCUT2D eigenvalue weighted by atomic mass is 16.8. The Labute approximate surface area is 154 Å². The summed E-state index contributed by atoms with van der Waals surface area (Å²) in [6.07, 6.45) is -4.52. The van der Waals surface area contributed by atoms with Crippen LogP contribution in [0.15, 0.2) is 48.1 Å². The molecule has 144 valence electrons. The lowest BCUT2D eigenvalue weighted by molar-refractivity contribution is -0.336. The molecule has 6 atom stereocenters. The van der Waals surface area contributed by atoms with Crippen molar-refractivity contribution in [2.45, 2.75) is 36.9 Å². The van der Waals surface area contributed by atoms with Gasteiger partial charge in [-0.3, -0.25) is 0 Å². The molecule has 1 unspecified atom stereocenters. The first-order valence-corrected chi connectivity index (χ1v) is 8.28. The number of hydrogen-bond acceptors (Lipinski definition) is 8. The number of fused-ring (bicyclic) bond motifs is 1. The van der Waals surface area contributed by atoms with E-state index in [2.05, 4.69) is 16.6 Å². The average Bonchev–Trinajstić information content (AvgIpc) is 2.69. The number of benzene rings is 1. The minimum absolute atomic E-state index is 0.0541. The van der Waals surface area contributed by atoms with Gasteiger partial charge in [-0.15, -0.1) is 0 Å². The summed E-state index contributed by atoms with van der Waals surface area (Å²) < 4.78 is 27.1. The van der Waals surface area contributed by atoms with Gasteiger partial charge in [-0.1, -0.05) is 48.1 Å². The smallest absolute Gasteiger partial charge is 0.430 e. The fraction of sp³-hybridized carbons (Fsp3) is 0.471. The van der Waals surface area contributed by atoms with Gasteiger partial charge in [0.2, 0.25) is 0 Å². The molecule has 3 rings (SSSR count). The molecule has 0 aromatic heterocycles. The zero-order chi connectivity index (χ0) is 19.2. The highest BCUT2D eigenvalue weighted by Gasteiger charge is 2.51. The van der Waals surface area contributed by atoms with Crippen LogP contribution < -0.4 is 0 Å². The summed E-state index contributed by atoms with van der Waals surface area (Å²) >= 11 is 0. The third-order valence-electron chi connectivity index (χ3n) is 4.13. The van der Waals surface area contributed by atoms with Crippen LogP contribution in [0.5, 0.6) is 0 Å². The maximum Gasteiger partial charge on any atom is 0.508 e. The highest BCUT2D eigenvalue weighted by molar-refractivity contribution is 5.60. The lowest BCUT2D eigenvalue weighted by atomic mass is 9.96. The number of carbonyl (C=O) groups is 1. The van der Waals surface area contributed by atoms with Gasteiger partial charge < -0.3 is 28.8 Å². The predicted octanol–water partition coefficient (Wildman–Crippen LogP) is 2.20. The summed E-state index contributed by atoms with van der Waals surface area (Å²) in [5.41, 5.74) is 9.56. The minimum atomic E-state index is -1.49. The van der Waals surface area contributed by atoms with E-state index in [1.54, 1.807) is 0 Å². The second-order valence-electron chi connectivity index (χ2n) is 5.87. The van der Waals surface area contributed by atoms with Gasteiger partial charge in [0.25, 0.3) is 0 Å². The van der Waals surface area contributed by atoms with Crippen LogP contribution in [0.2, 0.25) is 0 Å². The molecule has 2 fully saturated rings. The summed E-state index contributed by atoms with van der Waals surface area (Å²) in [5, 5.41) is 13.6. The first-order chi connectivity index (χ1) is 13.1. The van der Waals surface area contributed by atoms with E-state index in [4.69, 9.17) is 29.2 Å². The van der Waals surface area contributed by atoms with Crippen molar-refractivity contribution in [1.29, 1.82) is 0 Å². The third-order valence-corrected chi connectivity index (χ3v) is 4.13. The largest absolute Gasteiger partial charge is 0.508 e. The predicted molar refractivity (Wildman–Crippen MR) is 90.2 cm³/mol. The Kier molecular flexibility index (Phi) is 6.28. The molecule has 2 aliphatic heterocycles. The van der Waals surface area contributed by atoms with Crippen molar-refractivity contribution < 1.29 is 33.6 Å². The van der Waals surface area contributed by atoms with E-state index in [9.17, 15) is 9.90 Å². The second kappa shape index (κ2) is 8.85. The van der Waals surface area contributed by atoms with Crippen LogP contribution in [-0.4, -0.2) is 55.1 Å². The first-order valence-electron chi connectivity index (χ1n) is 8.28. The Bertz CT molecular complexity index is 710. The third kappa shape index (κ3) is 4.38. The number of ether oxygens (including phenoxy) is 5. The molecule has 0 saturated carbocycles. The van der Waals surface area contributed by atoms with Gasteiger partial charge in [0.05, 0.1) is 6.61 Å². The van der Waals surface area contributed by atoms with Gasteiger partial charge in [0.1, 0.15) is 31.0 Å². The molecule has 2 heterocycles. The normalized spacial score (nSPS) is 32.5. The molecule has 2 saturated heterocycles. The Morgan fingerprint density at radius 1 is 1.41 bits per heavy atom. The monoisotopic (exact) mass is 377 g/mol. The molecule has 10 heteroatoms. The number of nitrogens with zero attached hydrogens (tertiary/aromatic N) is 3. The average molecular weight is 377 g/mol. The minimum Gasteiger partial charge on any atom is -0.430 e. The van der Waals surface area contributed by atoms with Crippen LogP contribution in [0.4, 0.5) is 4.79 Å². The van der Waals surface area contributed by atoms with Crippen molar-refractivity contribution in [3.63, 3.8) is 0 Å². The van der Waals surface area contributed by atoms with Gasteiger partial charge in [-0.05, 0) is 5.53 Å². The molecule has 0 amide bonds. The molecular formula is C17H19N3O7. The van der Waals surface area contributed by atoms with Crippen molar-refractivity contribution in [3.8, 4) is 0 Å². The van der Waals surface area contributed by atoms with Crippen molar-refractivity contribution in [2.24, 2.45) is 5.11 Å². The fourth-order valence-corrected chi connectivity index (χ4v) is 2.94. The van der Waals surface area contributed by atoms with Crippen molar-refractivity contribution >= 4 is 6.16 Å². The molecule has 1 aromatic carbocycles. The molecule has 0 aliphatic carbocycles. The molecule has 0 radical (unpaired) electrons. The summed E-state index contributed by atoms with van der Waals surface area (Å²) in [7, 11) is 0. The van der Waals surface area contributed by atoms with E-state index in [1.165, 1.54) is 6.08 Å². The summed E-state index contributed by atoms with van der Waals surface area (Å²) in [6, 6.07) is 7.96. The van der Waals surface area contributed by atoms with Gasteiger partial charge >= 0.3 is 6.16 Å². The van der Waals surface area contributed by atoms with Crippen molar-refractivity contribution in [1.82, 2.24) is 0 Å². The standard InChI is InChI=1S/C17H19N3O7/c1-2-8-23-17(22)27-14-12(19-20-18)15(21)25-11-9-24-16(26-13(11)14)10-6-4-3-5-7-10/h2-7,11-16,21H,1,8-9H2/t11-,12-,13-,14-,15-,16?/m1/s1. The van der Waals surface area contributed by atoms with E-state index < -0.39 is 43.1 Å². The highest BCUT2D eigenvalue weighted by Crippen LogP contribution is 2.35. The first kappa shape index (κ1) is 19.2. The van der Waals surface area contributed by atoms with E-state index in [1.807, 2.05) is 30.3 Å². The Hall–Kier alpha value is -2.62. The Morgan fingerprint density at radius 2 is 2.19 bits per heavy atom. The second-order valence-corrected chi connectivity index (χ2v) is 5.87. The Balaban J connectivity index is 1.82. The van der Waals surface area contributed by atoms with Crippen LogP contribution in [0.1, 0.15) is 11.9 Å². The van der Waals surface area contributed by atoms with Gasteiger partial charge in [-0.2, -0.15) is 0 Å². The van der Waals surface area contributed by atoms with E-state index in [0.29, 0.717) is 0 Å². The zero-order valence-corrected chi connectivity index (χ0v) is 14.3. The number of aliphatic hydroxyl groups excluding tert-OH is 1. The van der Waals surface area contributed by atoms with Crippen LogP contribution >= 0.6 is 0 Å². The number of hydrogen-bond donors (Lipinski definition) is 1. The zero-order valence-electron chi connectivity index (χ0n) is 14.3. The van der Waals surface area contributed by atoms with Crippen LogP contribution in [0, 0.1) is 0 Å². The van der Waals surface area contributed by atoms with Crippen molar-refractivity contribution in [3.05, 3.63) is 59.0 Å². The van der Waals surface area contributed by atoms with E-state index in [-0.39, 0.29) is 13.2 Å². The lowest BCUT2D eigenvalue weighted by Crippen LogP contribution is -2.62. The summed E-state index contributed by atoms with van der Waals surface area (Å²) in [6.45, 7) is 3.48. The molecular weight excluding hydrogens is 358 g/mol. The van der Waals surface area contributed by atoms with Crippen molar-refractivity contribution in [2.75, 3.05) is 13.2 Å². The maximum absolute atomic E-state index is 11.9. The molecule has 27 heavy (non-hydrogen) atoms. The van der Waals surface area contributed by atoms with E-state index >= 15 is 0 Å². The van der Waals surface area contributed by atoms with Gasteiger partial charge in [0.15, 0.2) is 12.6 Å². The number of carbonyl (C=O) groups excluding carboxylic acids is 1. The summed E-state index contributed by atoms with van der Waals surface area (Å²) in [5.74, 6) is 0. The van der Waals surface area contributed by atoms with Gasteiger partial charge in [-0.25, -0.2) is 4.79 Å². The number of azide groups is 1. The number of aliphatic hydroxyl groups is 1. The molecule has 10 nitrogen and oxygen atoms in total. The quantitative estimate of drug-likeness (QED) is 0.273. The molecule has 0 bridgehead atoms. The van der Waals surface area contributed by atoms with E-state index in [0.717, 1.165) is 5.56 Å². The molecule has 1 N–H and O–H groups in total. The maximum atomic E-state index is 11.9. The lowest BCUT2D eigenvalue weighted by Gasteiger charge is -2.46. The van der Waals surface area contributed by atoms with Gasteiger partial charge in [0, 0.05) is 10.5 Å². The molecule has 1 aromatic rings.